The van der Waals surface area contributed by atoms with Crippen LogP contribution in [0.15, 0.2) is 24.3 Å². The summed E-state index contributed by atoms with van der Waals surface area (Å²) in [5, 5.41) is 7.20. The molecule has 1 aromatic carbocycles. The Hall–Kier alpha value is -0.810. The van der Waals surface area contributed by atoms with Gasteiger partial charge in [0.05, 0.1) is 5.41 Å². The second-order valence-corrected chi connectivity index (χ2v) is 6.98. The molecule has 134 valence electrons. The third kappa shape index (κ3) is 4.23. The highest BCUT2D eigenvalue weighted by atomic mass is 35.5. The molecule has 0 aromatic heterocycles. The van der Waals surface area contributed by atoms with E-state index >= 15 is 0 Å². The smallest absolute Gasteiger partial charge is 0.230 e. The maximum atomic E-state index is 13.0. The fourth-order valence-corrected chi connectivity index (χ4v) is 4.02. The van der Waals surface area contributed by atoms with E-state index in [4.69, 9.17) is 16.3 Å². The van der Waals surface area contributed by atoms with Gasteiger partial charge in [-0.2, -0.15) is 0 Å². The molecule has 0 aliphatic carbocycles. The van der Waals surface area contributed by atoms with Gasteiger partial charge in [-0.05, 0) is 56.3 Å². The molecular formula is C18H26Cl2N2O2. The van der Waals surface area contributed by atoms with Gasteiger partial charge in [0.25, 0.3) is 0 Å². The molecule has 4 nitrogen and oxygen atoms in total. The summed E-state index contributed by atoms with van der Waals surface area (Å²) in [5.74, 6) is 0.779. The van der Waals surface area contributed by atoms with Crippen LogP contribution >= 0.6 is 24.0 Å². The molecule has 2 fully saturated rings. The number of carbonyl (C=O) groups is 1. The van der Waals surface area contributed by atoms with Crippen molar-refractivity contribution in [1.29, 1.82) is 0 Å². The summed E-state index contributed by atoms with van der Waals surface area (Å²) in [4.78, 5) is 13.0. The standard InChI is InChI=1S/C18H25ClN2O2.ClH/c19-16-4-2-1-3-15(16)18(7-11-23-12-8-18)17(22)21-10-6-14-5-9-20-13-14;/h1-4,14,20H,5-13H2,(H,21,22);1H. The van der Waals surface area contributed by atoms with E-state index in [0.29, 0.717) is 37.0 Å². The van der Waals surface area contributed by atoms with Crippen LogP contribution in [0.4, 0.5) is 0 Å². The molecule has 1 amide bonds. The quantitative estimate of drug-likeness (QED) is 0.835. The van der Waals surface area contributed by atoms with Gasteiger partial charge in [-0.1, -0.05) is 29.8 Å². The molecule has 2 saturated heterocycles. The molecular weight excluding hydrogens is 347 g/mol. The first-order valence-corrected chi connectivity index (χ1v) is 8.92. The number of carbonyl (C=O) groups excluding carboxylic acids is 1. The second kappa shape index (κ2) is 9.04. The zero-order chi connectivity index (χ0) is 16.1. The van der Waals surface area contributed by atoms with Crippen molar-refractivity contribution >= 4 is 29.9 Å². The Balaban J connectivity index is 0.00000208. The number of rotatable bonds is 5. The Morgan fingerprint density at radius 1 is 1.33 bits per heavy atom. The lowest BCUT2D eigenvalue weighted by Crippen LogP contribution is -2.48. The molecule has 2 N–H and O–H groups in total. The van der Waals surface area contributed by atoms with Crippen LogP contribution < -0.4 is 10.6 Å². The highest BCUT2D eigenvalue weighted by molar-refractivity contribution is 6.31. The topological polar surface area (TPSA) is 50.4 Å². The molecule has 0 bridgehead atoms. The molecule has 3 rings (SSSR count). The molecule has 1 unspecified atom stereocenters. The molecule has 6 heteroatoms. The lowest BCUT2D eigenvalue weighted by atomic mass is 9.73. The maximum Gasteiger partial charge on any atom is 0.230 e. The first kappa shape index (κ1) is 19.5. The first-order chi connectivity index (χ1) is 11.2. The Morgan fingerprint density at radius 3 is 2.75 bits per heavy atom. The number of amides is 1. The van der Waals surface area contributed by atoms with E-state index in [0.717, 1.165) is 31.6 Å². The van der Waals surface area contributed by atoms with Crippen molar-refractivity contribution in [2.75, 3.05) is 32.8 Å². The fraction of sp³-hybridized carbons (Fsp3) is 0.611. The number of nitrogens with one attached hydrogen (secondary N) is 2. The van der Waals surface area contributed by atoms with Gasteiger partial charge < -0.3 is 15.4 Å². The summed E-state index contributed by atoms with van der Waals surface area (Å²) in [7, 11) is 0. The molecule has 1 aromatic rings. The number of hydrogen-bond donors (Lipinski definition) is 2. The van der Waals surface area contributed by atoms with Gasteiger partial charge in [0.2, 0.25) is 5.91 Å². The average molecular weight is 373 g/mol. The van der Waals surface area contributed by atoms with Crippen molar-refractivity contribution in [3.8, 4) is 0 Å². The van der Waals surface area contributed by atoms with Gasteiger partial charge in [0.15, 0.2) is 0 Å². The second-order valence-electron chi connectivity index (χ2n) is 6.58. The molecule has 2 heterocycles. The largest absolute Gasteiger partial charge is 0.381 e. The normalized spacial score (nSPS) is 22.6. The molecule has 0 spiro atoms. The number of ether oxygens (including phenoxy) is 1. The molecule has 0 radical (unpaired) electrons. The minimum absolute atomic E-state index is 0. The predicted molar refractivity (Wildman–Crippen MR) is 99.0 cm³/mol. The van der Waals surface area contributed by atoms with Gasteiger partial charge in [-0.25, -0.2) is 0 Å². The first-order valence-electron chi connectivity index (χ1n) is 8.54. The Labute approximate surface area is 155 Å². The average Bonchev–Trinajstić information content (AvgIpc) is 3.09. The van der Waals surface area contributed by atoms with Crippen LogP contribution in [-0.4, -0.2) is 38.8 Å². The van der Waals surface area contributed by atoms with Crippen molar-refractivity contribution < 1.29 is 9.53 Å². The summed E-state index contributed by atoms with van der Waals surface area (Å²) in [6, 6.07) is 7.71. The third-order valence-corrected chi connectivity index (χ3v) is 5.50. The van der Waals surface area contributed by atoms with Crippen LogP contribution in [0.5, 0.6) is 0 Å². The zero-order valence-electron chi connectivity index (χ0n) is 13.9. The van der Waals surface area contributed by atoms with E-state index in [1.165, 1.54) is 6.42 Å². The molecule has 2 aliphatic rings. The minimum atomic E-state index is -0.551. The van der Waals surface area contributed by atoms with Crippen molar-refractivity contribution in [3.05, 3.63) is 34.9 Å². The minimum Gasteiger partial charge on any atom is -0.381 e. The predicted octanol–water partition coefficient (Wildman–Crippen LogP) is 2.93. The Bertz CT molecular complexity index is 542. The van der Waals surface area contributed by atoms with Crippen LogP contribution in [0.2, 0.25) is 5.02 Å². The lowest BCUT2D eigenvalue weighted by Gasteiger charge is -2.37. The summed E-state index contributed by atoms with van der Waals surface area (Å²) in [6.45, 7) is 4.10. The third-order valence-electron chi connectivity index (χ3n) is 5.17. The number of hydrogen-bond acceptors (Lipinski definition) is 3. The SMILES string of the molecule is Cl.O=C(NCCC1CCNC1)C1(c2ccccc2Cl)CCOCC1. The van der Waals surface area contributed by atoms with Crippen LogP contribution in [0.25, 0.3) is 0 Å². The van der Waals surface area contributed by atoms with Crippen molar-refractivity contribution in [3.63, 3.8) is 0 Å². The van der Waals surface area contributed by atoms with Crippen LogP contribution in [0.1, 0.15) is 31.2 Å². The van der Waals surface area contributed by atoms with Crippen LogP contribution in [-0.2, 0) is 14.9 Å². The van der Waals surface area contributed by atoms with Crippen molar-refractivity contribution in [2.24, 2.45) is 5.92 Å². The summed E-state index contributed by atoms with van der Waals surface area (Å²) in [5.41, 5.74) is 0.384. The van der Waals surface area contributed by atoms with E-state index in [1.54, 1.807) is 0 Å². The van der Waals surface area contributed by atoms with Gasteiger partial charge >= 0.3 is 0 Å². The highest BCUT2D eigenvalue weighted by Crippen LogP contribution is 2.38. The maximum absolute atomic E-state index is 13.0. The number of benzene rings is 1. The Morgan fingerprint density at radius 2 is 2.08 bits per heavy atom. The molecule has 24 heavy (non-hydrogen) atoms. The molecule has 1 atom stereocenters. The highest BCUT2D eigenvalue weighted by Gasteiger charge is 2.42. The lowest BCUT2D eigenvalue weighted by molar-refractivity contribution is -0.130. The van der Waals surface area contributed by atoms with Crippen molar-refractivity contribution in [1.82, 2.24) is 10.6 Å². The van der Waals surface area contributed by atoms with Gasteiger partial charge in [-0.3, -0.25) is 4.79 Å². The fourth-order valence-electron chi connectivity index (χ4n) is 3.71. The number of halogens is 2. The van der Waals surface area contributed by atoms with E-state index in [2.05, 4.69) is 10.6 Å². The van der Waals surface area contributed by atoms with Crippen LogP contribution in [0.3, 0.4) is 0 Å². The Kier molecular flexibility index (Phi) is 7.35. The van der Waals surface area contributed by atoms with Crippen LogP contribution in [0, 0.1) is 5.92 Å². The van der Waals surface area contributed by atoms with E-state index in [1.807, 2.05) is 24.3 Å². The van der Waals surface area contributed by atoms with Gasteiger partial charge in [-0.15, -0.1) is 12.4 Å². The summed E-state index contributed by atoms with van der Waals surface area (Å²) in [6.07, 6.45) is 3.62. The summed E-state index contributed by atoms with van der Waals surface area (Å²) >= 11 is 6.40. The molecule has 2 aliphatic heterocycles. The van der Waals surface area contributed by atoms with E-state index < -0.39 is 5.41 Å². The van der Waals surface area contributed by atoms with Gasteiger partial charge in [0.1, 0.15) is 0 Å². The zero-order valence-corrected chi connectivity index (χ0v) is 15.4. The van der Waals surface area contributed by atoms with Gasteiger partial charge in [0, 0.05) is 24.8 Å². The van der Waals surface area contributed by atoms with E-state index in [9.17, 15) is 4.79 Å². The summed E-state index contributed by atoms with van der Waals surface area (Å²) < 4.78 is 5.49. The van der Waals surface area contributed by atoms with Crippen molar-refractivity contribution in [2.45, 2.75) is 31.1 Å². The van der Waals surface area contributed by atoms with E-state index in [-0.39, 0.29) is 18.3 Å². The monoisotopic (exact) mass is 372 g/mol. The molecule has 0 saturated carbocycles.